The van der Waals surface area contributed by atoms with Gasteiger partial charge in [-0.25, -0.2) is 18.2 Å². The van der Waals surface area contributed by atoms with E-state index in [4.69, 9.17) is 13.9 Å². The number of oxazole rings is 1. The van der Waals surface area contributed by atoms with Crippen molar-refractivity contribution in [3.05, 3.63) is 71.2 Å². The number of para-hydroxylation sites is 1. The second kappa shape index (κ2) is 6.38. The molecular formula is C21H16F3NO3. The highest BCUT2D eigenvalue weighted by molar-refractivity contribution is 5.72. The summed E-state index contributed by atoms with van der Waals surface area (Å²) in [6.45, 7) is 0.446. The van der Waals surface area contributed by atoms with Crippen molar-refractivity contribution in [2.45, 2.75) is 31.5 Å². The molecule has 1 aromatic heterocycles. The maximum Gasteiger partial charge on any atom is 0.227 e. The summed E-state index contributed by atoms with van der Waals surface area (Å²) in [7, 11) is 0. The minimum atomic E-state index is -0.918. The lowest BCUT2D eigenvalue weighted by Gasteiger charge is -2.26. The molecule has 144 valence electrons. The van der Waals surface area contributed by atoms with Crippen LogP contribution < -0.4 is 4.74 Å². The molecule has 2 aliphatic heterocycles. The van der Waals surface area contributed by atoms with E-state index in [-0.39, 0.29) is 35.5 Å². The molecule has 0 N–H and O–H groups in total. The fourth-order valence-electron chi connectivity index (χ4n) is 3.92. The SMILES string of the molecule is Fc1cc(F)c2cc1C[C@]1(CCCO1)c1nc(co1)COc1c(F)cccc1-2. The first-order valence-corrected chi connectivity index (χ1v) is 9.04. The number of ether oxygens (including phenoxy) is 2. The first kappa shape index (κ1) is 17.3. The highest BCUT2D eigenvalue weighted by Gasteiger charge is 2.42. The van der Waals surface area contributed by atoms with Crippen molar-refractivity contribution in [1.29, 1.82) is 0 Å². The average molecular weight is 387 g/mol. The lowest BCUT2D eigenvalue weighted by Crippen LogP contribution is -2.29. The standard InChI is InChI=1S/C21H16F3NO3/c22-16-4-1-3-14-15-7-12(17(23)8-18(15)24)9-21(5-2-6-28-21)20-25-13(11-27-20)10-26-19(14)16/h1,3-4,7-8,11H,2,5-6,9-10H2/t21-/m1/s1. The lowest BCUT2D eigenvalue weighted by atomic mass is 9.89. The monoisotopic (exact) mass is 387 g/mol. The smallest absolute Gasteiger partial charge is 0.227 e. The number of rotatable bonds is 0. The van der Waals surface area contributed by atoms with E-state index >= 15 is 0 Å². The third-order valence-corrected chi connectivity index (χ3v) is 5.28. The van der Waals surface area contributed by atoms with Crippen LogP contribution in [0.3, 0.4) is 0 Å². The van der Waals surface area contributed by atoms with Gasteiger partial charge in [0.15, 0.2) is 11.6 Å². The first-order chi connectivity index (χ1) is 13.6. The summed E-state index contributed by atoms with van der Waals surface area (Å²) in [6.07, 6.45) is 2.93. The number of hydrogen-bond donors (Lipinski definition) is 0. The molecule has 1 atom stereocenters. The van der Waals surface area contributed by atoms with Crippen molar-refractivity contribution in [3.63, 3.8) is 0 Å². The van der Waals surface area contributed by atoms with Crippen LogP contribution in [0.1, 0.15) is 30.0 Å². The van der Waals surface area contributed by atoms with E-state index in [0.29, 0.717) is 24.6 Å². The maximum atomic E-state index is 14.6. The van der Waals surface area contributed by atoms with Gasteiger partial charge in [0.1, 0.15) is 35.8 Å². The maximum absolute atomic E-state index is 14.6. The van der Waals surface area contributed by atoms with Crippen molar-refractivity contribution in [3.8, 4) is 16.9 Å². The van der Waals surface area contributed by atoms with E-state index in [1.165, 1.54) is 24.5 Å². The molecule has 7 heteroatoms. The fraction of sp³-hybridized carbons (Fsp3) is 0.286. The Morgan fingerprint density at radius 3 is 2.71 bits per heavy atom. The van der Waals surface area contributed by atoms with E-state index in [2.05, 4.69) is 4.98 Å². The molecule has 3 heterocycles. The summed E-state index contributed by atoms with van der Waals surface area (Å²) in [4.78, 5) is 4.43. The number of fused-ring (bicyclic) bond motifs is 7. The van der Waals surface area contributed by atoms with Crippen molar-refractivity contribution in [2.24, 2.45) is 0 Å². The lowest BCUT2D eigenvalue weighted by molar-refractivity contribution is -0.0219. The summed E-state index contributed by atoms with van der Waals surface area (Å²) in [5, 5.41) is 0. The Kier molecular flexibility index (Phi) is 3.94. The molecule has 0 unspecified atom stereocenters. The molecule has 4 nitrogen and oxygen atoms in total. The van der Waals surface area contributed by atoms with Gasteiger partial charge in [-0.2, -0.15) is 0 Å². The molecule has 3 aromatic rings. The number of benzene rings is 2. The Balaban J connectivity index is 1.75. The summed E-state index contributed by atoms with van der Waals surface area (Å²) in [5.74, 6) is -1.91. The summed E-state index contributed by atoms with van der Waals surface area (Å²) in [5.41, 5.74) is 0.0596. The van der Waals surface area contributed by atoms with Gasteiger partial charge < -0.3 is 13.9 Å². The van der Waals surface area contributed by atoms with Gasteiger partial charge in [-0.1, -0.05) is 12.1 Å². The van der Waals surface area contributed by atoms with Gasteiger partial charge in [-0.05, 0) is 30.5 Å². The molecule has 0 amide bonds. The molecule has 1 saturated heterocycles. The quantitative estimate of drug-likeness (QED) is 0.550. The normalized spacial score (nSPS) is 21.0. The van der Waals surface area contributed by atoms with E-state index in [1.54, 1.807) is 6.07 Å². The fourth-order valence-corrected chi connectivity index (χ4v) is 3.92. The molecule has 0 radical (unpaired) electrons. The van der Waals surface area contributed by atoms with Crippen molar-refractivity contribution in [1.82, 2.24) is 4.98 Å². The molecule has 5 rings (SSSR count). The molecule has 0 aliphatic carbocycles. The Morgan fingerprint density at radius 2 is 1.89 bits per heavy atom. The van der Waals surface area contributed by atoms with Crippen LogP contribution in [0.4, 0.5) is 13.2 Å². The van der Waals surface area contributed by atoms with Gasteiger partial charge in [-0.15, -0.1) is 0 Å². The van der Waals surface area contributed by atoms with E-state index in [9.17, 15) is 13.2 Å². The van der Waals surface area contributed by atoms with E-state index < -0.39 is 23.1 Å². The van der Waals surface area contributed by atoms with Gasteiger partial charge in [0.2, 0.25) is 5.89 Å². The number of nitrogens with zero attached hydrogens (tertiary/aromatic N) is 1. The van der Waals surface area contributed by atoms with Gasteiger partial charge in [0, 0.05) is 30.2 Å². The van der Waals surface area contributed by atoms with Crippen LogP contribution in [0.15, 0.2) is 41.0 Å². The van der Waals surface area contributed by atoms with Crippen LogP contribution in [0.5, 0.6) is 5.75 Å². The molecule has 0 saturated carbocycles. The molecule has 2 aromatic carbocycles. The Morgan fingerprint density at radius 1 is 1.00 bits per heavy atom. The van der Waals surface area contributed by atoms with Crippen molar-refractivity contribution >= 4 is 0 Å². The molecule has 1 spiro atoms. The van der Waals surface area contributed by atoms with Crippen LogP contribution in [0.2, 0.25) is 0 Å². The minimum absolute atomic E-state index is 0.0524. The molecule has 1 fully saturated rings. The number of hydrogen-bond acceptors (Lipinski definition) is 4. The summed E-state index contributed by atoms with van der Waals surface area (Å²) >= 11 is 0. The number of halogens is 3. The van der Waals surface area contributed by atoms with Crippen LogP contribution in [-0.2, 0) is 23.4 Å². The topological polar surface area (TPSA) is 44.5 Å². The Bertz CT molecular complexity index is 1060. The third-order valence-electron chi connectivity index (χ3n) is 5.28. The van der Waals surface area contributed by atoms with Gasteiger partial charge in [0.05, 0.1) is 0 Å². The zero-order chi connectivity index (χ0) is 19.3. The van der Waals surface area contributed by atoms with Crippen molar-refractivity contribution < 1.29 is 27.1 Å². The first-order valence-electron chi connectivity index (χ1n) is 9.04. The Hall–Kier alpha value is -2.80. The minimum Gasteiger partial charge on any atom is -0.483 e. The third kappa shape index (κ3) is 2.69. The number of aromatic nitrogens is 1. The van der Waals surface area contributed by atoms with Crippen LogP contribution in [-0.4, -0.2) is 11.6 Å². The molecule has 28 heavy (non-hydrogen) atoms. The van der Waals surface area contributed by atoms with Crippen LogP contribution >= 0.6 is 0 Å². The van der Waals surface area contributed by atoms with E-state index in [1.807, 2.05) is 0 Å². The van der Waals surface area contributed by atoms with Crippen LogP contribution in [0.25, 0.3) is 11.1 Å². The van der Waals surface area contributed by atoms with Crippen molar-refractivity contribution in [2.75, 3.05) is 6.61 Å². The zero-order valence-corrected chi connectivity index (χ0v) is 14.8. The predicted octanol–water partition coefficient (Wildman–Crippen LogP) is 4.90. The van der Waals surface area contributed by atoms with Gasteiger partial charge in [0.25, 0.3) is 0 Å². The molecular weight excluding hydrogens is 371 g/mol. The largest absolute Gasteiger partial charge is 0.483 e. The van der Waals surface area contributed by atoms with Gasteiger partial charge >= 0.3 is 0 Å². The van der Waals surface area contributed by atoms with E-state index in [0.717, 1.165) is 12.5 Å². The highest BCUT2D eigenvalue weighted by atomic mass is 19.1. The Labute approximate surface area is 158 Å². The second-order valence-electron chi connectivity index (χ2n) is 7.10. The molecule has 2 aliphatic rings. The van der Waals surface area contributed by atoms with Gasteiger partial charge in [-0.3, -0.25) is 0 Å². The highest BCUT2D eigenvalue weighted by Crippen LogP contribution is 2.42. The summed E-state index contributed by atoms with van der Waals surface area (Å²) < 4.78 is 60.9. The summed E-state index contributed by atoms with van der Waals surface area (Å²) in [6, 6.07) is 6.43. The van der Waals surface area contributed by atoms with Crippen LogP contribution in [0, 0.1) is 17.5 Å². The second-order valence-corrected chi connectivity index (χ2v) is 7.10. The predicted molar refractivity (Wildman–Crippen MR) is 93.2 cm³/mol. The molecule has 4 bridgehead atoms. The zero-order valence-electron chi connectivity index (χ0n) is 14.8. The average Bonchev–Trinajstić information content (AvgIpc) is 3.33.